The molecular weight excluding hydrogens is 395 g/mol. The number of nitrogens with one attached hydrogen (secondary N) is 1. The summed E-state index contributed by atoms with van der Waals surface area (Å²) in [6.45, 7) is 2.04. The molecule has 0 spiro atoms. The van der Waals surface area contributed by atoms with E-state index < -0.39 is 0 Å². The summed E-state index contributed by atoms with van der Waals surface area (Å²) in [5.41, 5.74) is 4.88. The van der Waals surface area contributed by atoms with Gasteiger partial charge in [0, 0.05) is 9.35 Å². The molecule has 0 bridgehead atoms. The molecule has 1 unspecified atom stereocenters. The normalized spacial score (nSPS) is 12.7. The molecule has 0 aliphatic heterocycles. The second kappa shape index (κ2) is 6.45. The fourth-order valence-corrected chi connectivity index (χ4v) is 4.01. The maximum Gasteiger partial charge on any atom is 0.124 e. The molecular formula is C13H13Br2FN2S. The highest BCUT2D eigenvalue weighted by molar-refractivity contribution is 9.11. The van der Waals surface area contributed by atoms with E-state index >= 15 is 0 Å². The van der Waals surface area contributed by atoms with Crippen LogP contribution in [0.4, 0.5) is 4.39 Å². The van der Waals surface area contributed by atoms with E-state index in [1.165, 1.54) is 17.7 Å². The number of halogens is 3. The first-order valence-corrected chi connectivity index (χ1v) is 8.06. The van der Waals surface area contributed by atoms with Crippen LogP contribution in [-0.4, -0.2) is 0 Å². The lowest BCUT2D eigenvalue weighted by molar-refractivity contribution is 0.556. The zero-order valence-corrected chi connectivity index (χ0v) is 14.2. The molecule has 1 heterocycles. The monoisotopic (exact) mass is 406 g/mol. The molecule has 2 rings (SSSR count). The van der Waals surface area contributed by atoms with Gasteiger partial charge in [-0.25, -0.2) is 4.39 Å². The van der Waals surface area contributed by atoms with Crippen molar-refractivity contribution in [3.63, 3.8) is 0 Å². The summed E-state index contributed by atoms with van der Waals surface area (Å²) in [5, 5.41) is 0. The van der Waals surface area contributed by atoms with Crippen LogP contribution >= 0.6 is 43.2 Å². The molecule has 0 saturated heterocycles. The molecule has 102 valence electrons. The number of nitrogens with two attached hydrogens (primary N) is 1. The van der Waals surface area contributed by atoms with Crippen LogP contribution in [0.5, 0.6) is 0 Å². The van der Waals surface area contributed by atoms with Gasteiger partial charge in [-0.1, -0.05) is 15.9 Å². The van der Waals surface area contributed by atoms with Crippen LogP contribution in [0.2, 0.25) is 0 Å². The molecule has 2 aromatic rings. The van der Waals surface area contributed by atoms with Gasteiger partial charge in [0.25, 0.3) is 0 Å². The van der Waals surface area contributed by atoms with Crippen LogP contribution in [-0.2, 0) is 6.42 Å². The zero-order chi connectivity index (χ0) is 14.0. The van der Waals surface area contributed by atoms with Gasteiger partial charge >= 0.3 is 0 Å². The van der Waals surface area contributed by atoms with E-state index in [1.807, 2.05) is 13.0 Å². The quantitative estimate of drug-likeness (QED) is 0.579. The molecule has 0 aliphatic rings. The average molecular weight is 408 g/mol. The largest absolute Gasteiger partial charge is 0.271 e. The Morgan fingerprint density at radius 2 is 2.05 bits per heavy atom. The molecule has 1 aromatic carbocycles. The summed E-state index contributed by atoms with van der Waals surface area (Å²) in [6.07, 6.45) is 0.638. The number of hydrogen-bond donors (Lipinski definition) is 2. The maximum atomic E-state index is 13.4. The number of hydrogen-bond acceptors (Lipinski definition) is 3. The van der Waals surface area contributed by atoms with Gasteiger partial charge in [0.2, 0.25) is 0 Å². The van der Waals surface area contributed by atoms with Crippen molar-refractivity contribution in [1.82, 2.24) is 5.43 Å². The van der Waals surface area contributed by atoms with Crippen molar-refractivity contribution >= 4 is 43.2 Å². The van der Waals surface area contributed by atoms with Gasteiger partial charge in [0.05, 0.1) is 9.83 Å². The third-order valence-electron chi connectivity index (χ3n) is 2.78. The van der Waals surface area contributed by atoms with Crippen LogP contribution < -0.4 is 11.3 Å². The maximum absolute atomic E-state index is 13.4. The highest BCUT2D eigenvalue weighted by Crippen LogP contribution is 2.32. The highest BCUT2D eigenvalue weighted by atomic mass is 79.9. The van der Waals surface area contributed by atoms with Crippen LogP contribution in [0.25, 0.3) is 0 Å². The molecule has 1 aromatic heterocycles. The van der Waals surface area contributed by atoms with Crippen molar-refractivity contribution in [3.05, 3.63) is 54.3 Å². The summed E-state index contributed by atoms with van der Waals surface area (Å²) in [6, 6.07) is 6.95. The van der Waals surface area contributed by atoms with Gasteiger partial charge in [-0.2, -0.15) is 0 Å². The van der Waals surface area contributed by atoms with Crippen molar-refractivity contribution in [3.8, 4) is 0 Å². The van der Waals surface area contributed by atoms with Gasteiger partial charge < -0.3 is 0 Å². The summed E-state index contributed by atoms with van der Waals surface area (Å²) in [5.74, 6) is 5.38. The Bertz CT molecular complexity index is 546. The van der Waals surface area contributed by atoms with E-state index in [-0.39, 0.29) is 11.9 Å². The van der Waals surface area contributed by atoms with Crippen LogP contribution in [0, 0.1) is 12.7 Å². The van der Waals surface area contributed by atoms with Crippen molar-refractivity contribution < 1.29 is 4.39 Å². The SMILES string of the molecule is Cc1cc(C(Cc2cc(F)cc(Br)c2)NN)sc1Br. The minimum atomic E-state index is -0.247. The van der Waals surface area contributed by atoms with Crippen LogP contribution in [0.1, 0.15) is 22.0 Å². The van der Waals surface area contributed by atoms with Crippen LogP contribution in [0.15, 0.2) is 32.5 Å². The fraction of sp³-hybridized carbons (Fsp3) is 0.231. The zero-order valence-electron chi connectivity index (χ0n) is 10.2. The van der Waals surface area contributed by atoms with Crippen molar-refractivity contribution in [2.75, 3.05) is 0 Å². The van der Waals surface area contributed by atoms with E-state index in [0.717, 1.165) is 18.7 Å². The lowest BCUT2D eigenvalue weighted by Crippen LogP contribution is -2.29. The van der Waals surface area contributed by atoms with Gasteiger partial charge in [0.15, 0.2) is 0 Å². The first kappa shape index (κ1) is 15.1. The molecule has 0 radical (unpaired) electrons. The summed E-state index contributed by atoms with van der Waals surface area (Å²) in [4.78, 5) is 1.13. The molecule has 0 aliphatic carbocycles. The van der Waals surface area contributed by atoms with Crippen molar-refractivity contribution in [2.24, 2.45) is 5.84 Å². The summed E-state index contributed by atoms with van der Waals surface area (Å²) in [7, 11) is 0. The van der Waals surface area contributed by atoms with Gasteiger partial charge in [0.1, 0.15) is 5.82 Å². The number of benzene rings is 1. The van der Waals surface area contributed by atoms with E-state index in [4.69, 9.17) is 5.84 Å². The van der Waals surface area contributed by atoms with Crippen molar-refractivity contribution in [2.45, 2.75) is 19.4 Å². The predicted molar refractivity (Wildman–Crippen MR) is 84.6 cm³/mol. The van der Waals surface area contributed by atoms with E-state index in [2.05, 4.69) is 43.4 Å². The summed E-state index contributed by atoms with van der Waals surface area (Å²) < 4.78 is 15.2. The fourth-order valence-electron chi connectivity index (χ4n) is 1.86. The molecule has 1 atom stereocenters. The highest BCUT2D eigenvalue weighted by Gasteiger charge is 2.15. The molecule has 0 fully saturated rings. The third-order valence-corrected chi connectivity index (χ3v) is 5.49. The Labute approximate surface area is 132 Å². The third kappa shape index (κ3) is 3.86. The topological polar surface area (TPSA) is 38.0 Å². The second-order valence-corrected chi connectivity index (χ2v) is 7.62. The molecule has 0 saturated carbocycles. The number of hydrazine groups is 1. The smallest absolute Gasteiger partial charge is 0.124 e. The first-order valence-electron chi connectivity index (χ1n) is 5.66. The molecule has 3 N–H and O–H groups in total. The standard InChI is InChI=1S/C13H13Br2FN2S/c1-7-2-12(19-13(7)15)11(18-17)5-8-3-9(14)6-10(16)4-8/h2-4,6,11,18H,5,17H2,1H3. The Kier molecular flexibility index (Phi) is 5.14. The molecule has 2 nitrogen and oxygen atoms in total. The van der Waals surface area contributed by atoms with Gasteiger partial charge in [-0.15, -0.1) is 11.3 Å². The average Bonchev–Trinajstić information content (AvgIpc) is 2.65. The van der Waals surface area contributed by atoms with Gasteiger partial charge in [-0.3, -0.25) is 11.3 Å². The van der Waals surface area contributed by atoms with Crippen molar-refractivity contribution in [1.29, 1.82) is 0 Å². The summed E-state index contributed by atoms with van der Waals surface area (Å²) >= 11 is 8.45. The first-order chi connectivity index (χ1) is 8.99. The Morgan fingerprint density at radius 1 is 1.32 bits per heavy atom. The molecule has 0 amide bonds. The number of rotatable bonds is 4. The van der Waals surface area contributed by atoms with Gasteiger partial charge in [-0.05, 0) is 64.7 Å². The Balaban J connectivity index is 2.23. The number of aryl methyl sites for hydroxylation is 1. The molecule has 6 heteroatoms. The van der Waals surface area contributed by atoms with Crippen LogP contribution in [0.3, 0.4) is 0 Å². The lowest BCUT2D eigenvalue weighted by atomic mass is 10.0. The lowest BCUT2D eigenvalue weighted by Gasteiger charge is -2.14. The number of thiophene rings is 1. The second-order valence-electron chi connectivity index (χ2n) is 4.31. The minimum Gasteiger partial charge on any atom is -0.271 e. The predicted octanol–water partition coefficient (Wildman–Crippen LogP) is 4.47. The van der Waals surface area contributed by atoms with E-state index in [1.54, 1.807) is 11.3 Å². The Hall–Kier alpha value is -0.270. The molecule has 19 heavy (non-hydrogen) atoms. The minimum absolute atomic E-state index is 0.0244. The Morgan fingerprint density at radius 3 is 2.58 bits per heavy atom. The van der Waals surface area contributed by atoms with E-state index in [9.17, 15) is 4.39 Å². The van der Waals surface area contributed by atoms with E-state index in [0.29, 0.717) is 6.42 Å².